The Morgan fingerprint density at radius 3 is 3.09 bits per heavy atom. The number of carbonyl (C=O) groups excluding carboxylic acids is 1. The highest BCUT2D eigenvalue weighted by Crippen LogP contribution is 2.29. The maximum Gasteiger partial charge on any atom is 0.220 e. The number of aromatic nitrogens is 1. The molecule has 0 saturated carbocycles. The third-order valence-corrected chi connectivity index (χ3v) is 4.68. The van der Waals surface area contributed by atoms with Gasteiger partial charge in [0.15, 0.2) is 0 Å². The van der Waals surface area contributed by atoms with Crippen molar-refractivity contribution < 1.29 is 9.53 Å². The maximum absolute atomic E-state index is 11.5. The standard InChI is InChI=1S/C17H25N3O2/c1-2-22-15-7-13(9-18-11-15)12-20-6-4-3-5-16(20)14-8-17(21)19-10-14/h7,9,11,14,16H,2-6,8,10,12H2,1H3,(H,19,21). The van der Waals surface area contributed by atoms with E-state index in [1.807, 2.05) is 13.1 Å². The Hall–Kier alpha value is -1.62. The molecule has 2 aliphatic heterocycles. The number of piperidine rings is 1. The van der Waals surface area contributed by atoms with Crippen molar-refractivity contribution in [2.75, 3.05) is 19.7 Å². The first-order chi connectivity index (χ1) is 10.8. The van der Waals surface area contributed by atoms with E-state index >= 15 is 0 Å². The monoisotopic (exact) mass is 303 g/mol. The average molecular weight is 303 g/mol. The topological polar surface area (TPSA) is 54.5 Å². The van der Waals surface area contributed by atoms with Crippen LogP contribution >= 0.6 is 0 Å². The van der Waals surface area contributed by atoms with E-state index < -0.39 is 0 Å². The zero-order valence-electron chi connectivity index (χ0n) is 13.3. The summed E-state index contributed by atoms with van der Waals surface area (Å²) in [5.41, 5.74) is 1.19. The molecule has 3 heterocycles. The fraction of sp³-hybridized carbons (Fsp3) is 0.647. The molecule has 2 aliphatic rings. The molecule has 5 heteroatoms. The molecule has 1 aromatic rings. The Labute approximate surface area is 132 Å². The van der Waals surface area contributed by atoms with Crippen molar-refractivity contribution >= 4 is 5.91 Å². The molecule has 5 nitrogen and oxygen atoms in total. The van der Waals surface area contributed by atoms with Crippen LogP contribution in [-0.2, 0) is 11.3 Å². The maximum atomic E-state index is 11.5. The lowest BCUT2D eigenvalue weighted by Crippen LogP contribution is -2.44. The van der Waals surface area contributed by atoms with Gasteiger partial charge in [-0.05, 0) is 37.9 Å². The quantitative estimate of drug-likeness (QED) is 0.903. The van der Waals surface area contributed by atoms with Crippen molar-refractivity contribution in [1.29, 1.82) is 0 Å². The average Bonchev–Trinajstić information content (AvgIpc) is 2.95. The highest BCUT2D eigenvalue weighted by Gasteiger charge is 2.34. The van der Waals surface area contributed by atoms with E-state index in [2.05, 4.69) is 21.3 Å². The number of ether oxygens (including phenoxy) is 1. The summed E-state index contributed by atoms with van der Waals surface area (Å²) < 4.78 is 5.54. The molecule has 2 saturated heterocycles. The van der Waals surface area contributed by atoms with Crippen LogP contribution in [0.15, 0.2) is 18.5 Å². The molecule has 120 valence electrons. The van der Waals surface area contributed by atoms with Gasteiger partial charge in [-0.2, -0.15) is 0 Å². The van der Waals surface area contributed by atoms with Crippen LogP contribution in [0.3, 0.4) is 0 Å². The van der Waals surface area contributed by atoms with E-state index in [1.54, 1.807) is 6.20 Å². The number of hydrogen-bond donors (Lipinski definition) is 1. The second kappa shape index (κ2) is 7.09. The van der Waals surface area contributed by atoms with Crippen LogP contribution in [0.4, 0.5) is 0 Å². The number of nitrogens with one attached hydrogen (secondary N) is 1. The Bertz CT molecular complexity index is 520. The molecule has 0 aliphatic carbocycles. The van der Waals surface area contributed by atoms with Crippen LogP contribution in [0.2, 0.25) is 0 Å². The number of nitrogens with zero attached hydrogens (tertiary/aromatic N) is 2. The number of hydrogen-bond acceptors (Lipinski definition) is 4. The summed E-state index contributed by atoms with van der Waals surface area (Å²) in [7, 11) is 0. The van der Waals surface area contributed by atoms with E-state index in [4.69, 9.17) is 4.74 Å². The summed E-state index contributed by atoms with van der Waals surface area (Å²) in [6.07, 6.45) is 8.06. The second-order valence-electron chi connectivity index (χ2n) is 6.26. The van der Waals surface area contributed by atoms with E-state index in [0.29, 0.717) is 25.0 Å². The molecule has 1 N–H and O–H groups in total. The zero-order chi connectivity index (χ0) is 15.4. The van der Waals surface area contributed by atoms with Gasteiger partial charge in [-0.1, -0.05) is 6.42 Å². The van der Waals surface area contributed by atoms with Gasteiger partial charge in [0.1, 0.15) is 5.75 Å². The normalized spacial score (nSPS) is 26.0. The summed E-state index contributed by atoms with van der Waals surface area (Å²) >= 11 is 0. The fourth-order valence-electron chi connectivity index (χ4n) is 3.68. The van der Waals surface area contributed by atoms with Gasteiger partial charge in [-0.25, -0.2) is 0 Å². The van der Waals surface area contributed by atoms with E-state index in [1.165, 1.54) is 24.8 Å². The number of likely N-dealkylation sites (tertiary alicyclic amines) is 1. The molecule has 1 amide bonds. The summed E-state index contributed by atoms with van der Waals surface area (Å²) in [6.45, 7) is 5.47. The number of rotatable bonds is 5. The van der Waals surface area contributed by atoms with Gasteiger partial charge in [0.05, 0.1) is 12.8 Å². The molecule has 0 aromatic carbocycles. The molecule has 0 spiro atoms. The van der Waals surface area contributed by atoms with E-state index in [9.17, 15) is 4.79 Å². The molecule has 2 unspecified atom stereocenters. The first kappa shape index (κ1) is 15.3. The van der Waals surface area contributed by atoms with Gasteiger partial charge in [-0.3, -0.25) is 14.7 Å². The minimum Gasteiger partial charge on any atom is -0.492 e. The lowest BCUT2D eigenvalue weighted by Gasteiger charge is -2.38. The van der Waals surface area contributed by atoms with Gasteiger partial charge in [0.2, 0.25) is 5.91 Å². The Balaban J connectivity index is 1.68. The molecule has 3 rings (SSSR count). The molecule has 2 atom stereocenters. The SMILES string of the molecule is CCOc1cncc(CN2CCCCC2C2CNC(=O)C2)c1. The molecular weight excluding hydrogens is 278 g/mol. The number of pyridine rings is 1. The number of carbonyl (C=O) groups is 1. The molecule has 0 radical (unpaired) electrons. The number of amides is 1. The zero-order valence-corrected chi connectivity index (χ0v) is 13.3. The Morgan fingerprint density at radius 1 is 1.41 bits per heavy atom. The lowest BCUT2D eigenvalue weighted by molar-refractivity contribution is -0.119. The minimum absolute atomic E-state index is 0.204. The largest absolute Gasteiger partial charge is 0.492 e. The molecular formula is C17H25N3O2. The van der Waals surface area contributed by atoms with Crippen LogP contribution in [-0.4, -0.2) is 41.5 Å². The summed E-state index contributed by atoms with van der Waals surface area (Å²) in [4.78, 5) is 18.3. The molecule has 1 aromatic heterocycles. The summed E-state index contributed by atoms with van der Waals surface area (Å²) in [5, 5.41) is 2.98. The Kier molecular flexibility index (Phi) is 4.93. The summed E-state index contributed by atoms with van der Waals surface area (Å²) in [5.74, 6) is 1.50. The lowest BCUT2D eigenvalue weighted by atomic mass is 9.89. The van der Waals surface area contributed by atoms with Gasteiger partial charge in [0.25, 0.3) is 0 Å². The first-order valence-electron chi connectivity index (χ1n) is 8.33. The van der Waals surface area contributed by atoms with Crippen LogP contribution < -0.4 is 10.1 Å². The van der Waals surface area contributed by atoms with E-state index in [-0.39, 0.29) is 5.91 Å². The van der Waals surface area contributed by atoms with Gasteiger partial charge >= 0.3 is 0 Å². The van der Waals surface area contributed by atoms with Crippen LogP contribution in [0, 0.1) is 5.92 Å². The van der Waals surface area contributed by atoms with Crippen molar-refractivity contribution in [1.82, 2.24) is 15.2 Å². The van der Waals surface area contributed by atoms with Gasteiger partial charge in [0, 0.05) is 37.7 Å². The molecule has 0 bridgehead atoms. The highest BCUT2D eigenvalue weighted by molar-refractivity contribution is 5.78. The van der Waals surface area contributed by atoms with Crippen LogP contribution in [0.25, 0.3) is 0 Å². The van der Waals surface area contributed by atoms with Crippen molar-refractivity contribution in [3.8, 4) is 5.75 Å². The van der Waals surface area contributed by atoms with Gasteiger partial charge < -0.3 is 10.1 Å². The van der Waals surface area contributed by atoms with Crippen molar-refractivity contribution in [3.63, 3.8) is 0 Å². The smallest absolute Gasteiger partial charge is 0.220 e. The van der Waals surface area contributed by atoms with E-state index in [0.717, 1.165) is 25.4 Å². The first-order valence-corrected chi connectivity index (χ1v) is 8.33. The van der Waals surface area contributed by atoms with Crippen LogP contribution in [0.5, 0.6) is 5.75 Å². The molecule has 2 fully saturated rings. The predicted molar refractivity (Wildman–Crippen MR) is 84.6 cm³/mol. The second-order valence-corrected chi connectivity index (χ2v) is 6.26. The fourth-order valence-corrected chi connectivity index (χ4v) is 3.68. The van der Waals surface area contributed by atoms with Crippen molar-refractivity contribution in [2.45, 2.75) is 45.2 Å². The summed E-state index contributed by atoms with van der Waals surface area (Å²) in [6, 6.07) is 2.59. The Morgan fingerprint density at radius 2 is 2.32 bits per heavy atom. The van der Waals surface area contributed by atoms with Crippen molar-refractivity contribution in [3.05, 3.63) is 24.0 Å². The van der Waals surface area contributed by atoms with Crippen LogP contribution in [0.1, 0.15) is 38.2 Å². The predicted octanol–water partition coefficient (Wildman–Crippen LogP) is 1.97. The third-order valence-electron chi connectivity index (χ3n) is 4.68. The van der Waals surface area contributed by atoms with Crippen molar-refractivity contribution in [2.24, 2.45) is 5.92 Å². The van der Waals surface area contributed by atoms with Gasteiger partial charge in [-0.15, -0.1) is 0 Å². The highest BCUT2D eigenvalue weighted by atomic mass is 16.5. The third kappa shape index (κ3) is 3.58. The molecule has 22 heavy (non-hydrogen) atoms. The minimum atomic E-state index is 0.204.